The second-order valence-electron chi connectivity index (χ2n) is 6.44. The number of carbonyl (C=O) groups excluding carboxylic acids is 1. The van der Waals surface area contributed by atoms with Gasteiger partial charge in [0.2, 0.25) is 0 Å². The van der Waals surface area contributed by atoms with Crippen LogP contribution < -0.4 is 10.2 Å². The van der Waals surface area contributed by atoms with Crippen molar-refractivity contribution in [1.29, 1.82) is 0 Å². The second-order valence-corrected chi connectivity index (χ2v) is 7.35. The van der Waals surface area contributed by atoms with Crippen molar-refractivity contribution in [2.75, 3.05) is 18.0 Å². The Hall–Kier alpha value is -2.47. The average Bonchev–Trinajstić information content (AvgIpc) is 3.20. The van der Waals surface area contributed by atoms with Crippen LogP contribution in [0.15, 0.2) is 53.3 Å². The Morgan fingerprint density at radius 3 is 2.77 bits per heavy atom. The molecule has 6 heteroatoms. The highest BCUT2D eigenvalue weighted by molar-refractivity contribution is 9.10. The number of carbonyl (C=O) groups is 1. The molecule has 1 aliphatic heterocycles. The van der Waals surface area contributed by atoms with Crippen LogP contribution >= 0.6 is 15.9 Å². The standard InChI is InChI=1S/C20H19BrN4O/c21-16-5-3-4-14(10-16)12-22-20(26)15-6-7-18-17(11-15)19(24-13-23-18)25-8-1-2-9-25/h3-7,10-11,13H,1-2,8-9,12H2,(H,22,26). The summed E-state index contributed by atoms with van der Waals surface area (Å²) in [5.74, 6) is 0.831. The first kappa shape index (κ1) is 17.0. The molecule has 0 radical (unpaired) electrons. The van der Waals surface area contributed by atoms with Crippen molar-refractivity contribution in [1.82, 2.24) is 15.3 Å². The van der Waals surface area contributed by atoms with E-state index in [0.29, 0.717) is 12.1 Å². The number of nitrogens with zero attached hydrogens (tertiary/aromatic N) is 3. The van der Waals surface area contributed by atoms with Gasteiger partial charge in [0, 0.05) is 35.1 Å². The molecule has 0 bridgehead atoms. The number of benzene rings is 2. The molecule has 1 aliphatic rings. The van der Waals surface area contributed by atoms with E-state index in [9.17, 15) is 4.79 Å². The molecule has 1 aromatic heterocycles. The van der Waals surface area contributed by atoms with Crippen molar-refractivity contribution in [2.45, 2.75) is 19.4 Å². The summed E-state index contributed by atoms with van der Waals surface area (Å²) in [7, 11) is 0. The molecule has 5 nitrogen and oxygen atoms in total. The Bertz CT molecular complexity index is 953. The number of amides is 1. The lowest BCUT2D eigenvalue weighted by Crippen LogP contribution is -2.23. The summed E-state index contributed by atoms with van der Waals surface area (Å²) in [6, 6.07) is 13.5. The topological polar surface area (TPSA) is 58.1 Å². The van der Waals surface area contributed by atoms with E-state index in [1.54, 1.807) is 6.33 Å². The molecular weight excluding hydrogens is 392 g/mol. The van der Waals surface area contributed by atoms with Crippen LogP contribution in [0.3, 0.4) is 0 Å². The van der Waals surface area contributed by atoms with Gasteiger partial charge in [-0.3, -0.25) is 4.79 Å². The van der Waals surface area contributed by atoms with Crippen LogP contribution in [-0.2, 0) is 6.54 Å². The third-order valence-electron chi connectivity index (χ3n) is 4.62. The van der Waals surface area contributed by atoms with Gasteiger partial charge in [0.05, 0.1) is 5.52 Å². The normalized spacial score (nSPS) is 14.0. The van der Waals surface area contributed by atoms with E-state index in [2.05, 4.69) is 36.1 Å². The number of fused-ring (bicyclic) bond motifs is 1. The SMILES string of the molecule is O=C(NCc1cccc(Br)c1)c1ccc2ncnc(N3CCCC3)c2c1. The zero-order chi connectivity index (χ0) is 17.9. The molecule has 0 aliphatic carbocycles. The smallest absolute Gasteiger partial charge is 0.251 e. The minimum atomic E-state index is -0.0944. The first-order valence-electron chi connectivity index (χ1n) is 8.73. The molecule has 132 valence electrons. The summed E-state index contributed by atoms with van der Waals surface area (Å²) in [6.45, 7) is 2.50. The second kappa shape index (κ2) is 7.41. The van der Waals surface area contributed by atoms with Gasteiger partial charge in [-0.15, -0.1) is 0 Å². The fourth-order valence-electron chi connectivity index (χ4n) is 3.30. The number of halogens is 1. The van der Waals surface area contributed by atoms with Gasteiger partial charge in [0.15, 0.2) is 0 Å². The third-order valence-corrected chi connectivity index (χ3v) is 5.12. The highest BCUT2D eigenvalue weighted by Gasteiger charge is 2.17. The highest BCUT2D eigenvalue weighted by Crippen LogP contribution is 2.26. The molecule has 3 aromatic rings. The molecule has 2 aromatic carbocycles. The van der Waals surface area contributed by atoms with E-state index in [-0.39, 0.29) is 5.91 Å². The molecule has 0 unspecified atom stereocenters. The summed E-state index contributed by atoms with van der Waals surface area (Å²) >= 11 is 3.45. The lowest BCUT2D eigenvalue weighted by molar-refractivity contribution is 0.0951. The summed E-state index contributed by atoms with van der Waals surface area (Å²) in [4.78, 5) is 23.7. The zero-order valence-electron chi connectivity index (χ0n) is 14.3. The number of rotatable bonds is 4. The first-order chi connectivity index (χ1) is 12.7. The maximum absolute atomic E-state index is 12.6. The number of hydrogen-bond donors (Lipinski definition) is 1. The van der Waals surface area contributed by atoms with Crippen molar-refractivity contribution < 1.29 is 4.79 Å². The Kier molecular flexibility index (Phi) is 4.84. The highest BCUT2D eigenvalue weighted by atomic mass is 79.9. The molecule has 0 saturated carbocycles. The molecule has 1 amide bonds. The van der Waals surface area contributed by atoms with Crippen molar-refractivity contribution in [3.8, 4) is 0 Å². The van der Waals surface area contributed by atoms with Gasteiger partial charge in [0.25, 0.3) is 5.91 Å². The minimum absolute atomic E-state index is 0.0944. The Morgan fingerprint density at radius 2 is 1.96 bits per heavy atom. The molecule has 1 fully saturated rings. The third kappa shape index (κ3) is 3.55. The van der Waals surface area contributed by atoms with Crippen molar-refractivity contribution >= 4 is 38.6 Å². The predicted molar refractivity (Wildman–Crippen MR) is 106 cm³/mol. The van der Waals surface area contributed by atoms with Gasteiger partial charge in [0.1, 0.15) is 12.1 Å². The number of hydrogen-bond acceptors (Lipinski definition) is 4. The summed E-state index contributed by atoms with van der Waals surface area (Å²) in [5, 5.41) is 3.92. The van der Waals surface area contributed by atoms with Crippen molar-refractivity contribution in [2.24, 2.45) is 0 Å². The predicted octanol–water partition coefficient (Wildman–Crippen LogP) is 3.92. The monoisotopic (exact) mass is 410 g/mol. The van der Waals surface area contributed by atoms with Gasteiger partial charge >= 0.3 is 0 Å². The van der Waals surface area contributed by atoms with E-state index in [1.807, 2.05) is 42.5 Å². The molecular formula is C20H19BrN4O. The van der Waals surface area contributed by atoms with E-state index in [1.165, 1.54) is 12.8 Å². The van der Waals surface area contributed by atoms with Gasteiger partial charge in [-0.25, -0.2) is 9.97 Å². The Balaban J connectivity index is 1.57. The minimum Gasteiger partial charge on any atom is -0.356 e. The van der Waals surface area contributed by atoms with Gasteiger partial charge in [-0.05, 0) is 48.7 Å². The number of anilines is 1. The van der Waals surface area contributed by atoms with E-state index < -0.39 is 0 Å². The van der Waals surface area contributed by atoms with Gasteiger partial charge in [-0.2, -0.15) is 0 Å². The van der Waals surface area contributed by atoms with Crippen LogP contribution in [0.4, 0.5) is 5.82 Å². The summed E-state index contributed by atoms with van der Waals surface area (Å²) in [6.07, 6.45) is 3.96. The quantitative estimate of drug-likeness (QED) is 0.707. The van der Waals surface area contributed by atoms with Gasteiger partial charge in [-0.1, -0.05) is 28.1 Å². The van der Waals surface area contributed by atoms with Gasteiger partial charge < -0.3 is 10.2 Å². The number of nitrogens with one attached hydrogen (secondary N) is 1. The van der Waals surface area contributed by atoms with Crippen LogP contribution in [0.5, 0.6) is 0 Å². The molecule has 0 spiro atoms. The lowest BCUT2D eigenvalue weighted by Gasteiger charge is -2.18. The zero-order valence-corrected chi connectivity index (χ0v) is 15.9. The van der Waals surface area contributed by atoms with Crippen molar-refractivity contribution in [3.63, 3.8) is 0 Å². The number of aromatic nitrogens is 2. The largest absolute Gasteiger partial charge is 0.356 e. The Morgan fingerprint density at radius 1 is 1.12 bits per heavy atom. The van der Waals surface area contributed by atoms with Crippen LogP contribution in [0.1, 0.15) is 28.8 Å². The van der Waals surface area contributed by atoms with Crippen LogP contribution in [0, 0.1) is 0 Å². The summed E-state index contributed by atoms with van der Waals surface area (Å²) < 4.78 is 1.00. The fourth-order valence-corrected chi connectivity index (χ4v) is 3.74. The van der Waals surface area contributed by atoms with Crippen LogP contribution in [-0.4, -0.2) is 29.0 Å². The summed E-state index contributed by atoms with van der Waals surface area (Å²) in [5.41, 5.74) is 2.54. The molecule has 4 rings (SSSR count). The van der Waals surface area contributed by atoms with Crippen LogP contribution in [0.2, 0.25) is 0 Å². The first-order valence-corrected chi connectivity index (χ1v) is 9.52. The fraction of sp³-hybridized carbons (Fsp3) is 0.250. The molecule has 26 heavy (non-hydrogen) atoms. The van der Waals surface area contributed by atoms with E-state index in [0.717, 1.165) is 39.8 Å². The maximum Gasteiger partial charge on any atom is 0.251 e. The van der Waals surface area contributed by atoms with E-state index in [4.69, 9.17) is 0 Å². The van der Waals surface area contributed by atoms with Crippen LogP contribution in [0.25, 0.3) is 10.9 Å². The van der Waals surface area contributed by atoms with E-state index >= 15 is 0 Å². The molecule has 1 N–H and O–H groups in total. The molecule has 0 atom stereocenters. The maximum atomic E-state index is 12.6. The molecule has 2 heterocycles. The lowest BCUT2D eigenvalue weighted by atomic mass is 10.1. The molecule has 1 saturated heterocycles. The Labute approximate surface area is 160 Å². The van der Waals surface area contributed by atoms with Crippen molar-refractivity contribution in [3.05, 3.63) is 64.4 Å². The average molecular weight is 411 g/mol.